The summed E-state index contributed by atoms with van der Waals surface area (Å²) in [6.45, 7) is 3.89. The third-order valence-corrected chi connectivity index (χ3v) is 6.76. The summed E-state index contributed by atoms with van der Waals surface area (Å²) in [7, 11) is -8.54. The van der Waals surface area contributed by atoms with E-state index in [4.69, 9.17) is 0 Å². The number of sulfonamides is 2. The van der Waals surface area contributed by atoms with E-state index in [-0.39, 0.29) is 9.79 Å². The Kier molecular flexibility index (Phi) is 5.23. The Labute approximate surface area is 137 Å². The van der Waals surface area contributed by atoms with Gasteiger partial charge >= 0.3 is 0 Å². The van der Waals surface area contributed by atoms with Gasteiger partial charge in [-0.25, -0.2) is 16.8 Å². The predicted octanol–water partition coefficient (Wildman–Crippen LogP) is 3.26. The van der Waals surface area contributed by atoms with Crippen LogP contribution in [0.5, 0.6) is 0 Å². The zero-order chi connectivity index (χ0) is 17.1. The third-order valence-electron chi connectivity index (χ3n) is 3.46. The fourth-order valence-electron chi connectivity index (χ4n) is 2.01. The molecule has 0 spiro atoms. The lowest BCUT2D eigenvalue weighted by atomic mass is 10.2. The predicted molar refractivity (Wildman–Crippen MR) is 89.4 cm³/mol. The Balaban J connectivity index is 2.29. The lowest BCUT2D eigenvalue weighted by molar-refractivity contribution is 0.595. The van der Waals surface area contributed by atoms with E-state index in [9.17, 15) is 16.8 Å². The van der Waals surface area contributed by atoms with E-state index in [0.717, 1.165) is 24.0 Å². The van der Waals surface area contributed by atoms with Crippen molar-refractivity contribution in [1.29, 1.82) is 0 Å². The van der Waals surface area contributed by atoms with E-state index in [2.05, 4.69) is 4.13 Å². The van der Waals surface area contributed by atoms with Crippen LogP contribution >= 0.6 is 0 Å². The molecule has 0 saturated heterocycles. The van der Waals surface area contributed by atoms with Crippen molar-refractivity contribution in [2.75, 3.05) is 0 Å². The molecule has 124 valence electrons. The molecule has 0 saturated carbocycles. The van der Waals surface area contributed by atoms with Crippen LogP contribution in [0.2, 0.25) is 0 Å². The molecule has 0 aliphatic heterocycles. The van der Waals surface area contributed by atoms with E-state index >= 15 is 0 Å². The summed E-state index contributed by atoms with van der Waals surface area (Å²) in [6.07, 6.45) is 1.53. The smallest absolute Gasteiger partial charge is 0.112 e. The molecule has 0 unspecified atom stereocenters. The number of hydrogen-bond donors (Lipinski definition) is 0. The molecule has 7 heteroatoms. The second-order valence-electron chi connectivity index (χ2n) is 5.02. The first kappa shape index (κ1) is 17.7. The highest BCUT2D eigenvalue weighted by Crippen LogP contribution is 2.26. The molecule has 0 aliphatic carbocycles. The summed E-state index contributed by atoms with van der Waals surface area (Å²) in [6, 6.07) is 12.0. The van der Waals surface area contributed by atoms with Gasteiger partial charge in [0, 0.05) is 9.79 Å². The number of aryl methyl sites for hydroxylation is 2. The highest BCUT2D eigenvalue weighted by Gasteiger charge is 2.13. The van der Waals surface area contributed by atoms with Gasteiger partial charge in [0.25, 0.3) is 0 Å². The summed E-state index contributed by atoms with van der Waals surface area (Å²) in [5, 5.41) is 0. The molecular formula is C16H18NO4S2-. The van der Waals surface area contributed by atoms with Crippen LogP contribution in [0.25, 0.3) is 4.13 Å². The van der Waals surface area contributed by atoms with Gasteiger partial charge in [-0.15, -0.1) is 0 Å². The Morgan fingerprint density at radius 2 is 0.957 bits per heavy atom. The van der Waals surface area contributed by atoms with Gasteiger partial charge in [-0.05, 0) is 48.2 Å². The molecule has 0 aromatic heterocycles. The first-order valence-corrected chi connectivity index (χ1v) is 10.1. The van der Waals surface area contributed by atoms with E-state index in [0.29, 0.717) is 0 Å². The van der Waals surface area contributed by atoms with Gasteiger partial charge in [0.2, 0.25) is 0 Å². The number of hydrogen-bond acceptors (Lipinski definition) is 4. The fourth-order valence-corrected chi connectivity index (χ4v) is 4.69. The number of nitrogens with zero attached hydrogens (tertiary/aromatic N) is 1. The Hall–Kier alpha value is -1.70. The van der Waals surface area contributed by atoms with Crippen molar-refractivity contribution < 1.29 is 16.8 Å². The van der Waals surface area contributed by atoms with Crippen molar-refractivity contribution in [3.05, 3.63) is 63.8 Å². The lowest BCUT2D eigenvalue weighted by Gasteiger charge is -2.21. The molecule has 0 radical (unpaired) electrons. The van der Waals surface area contributed by atoms with Crippen LogP contribution in [0.1, 0.15) is 25.0 Å². The highest BCUT2D eigenvalue weighted by atomic mass is 32.3. The summed E-state index contributed by atoms with van der Waals surface area (Å²) < 4.78 is 51.9. The maximum absolute atomic E-state index is 12.2. The van der Waals surface area contributed by atoms with E-state index < -0.39 is 20.0 Å². The molecule has 0 aliphatic rings. The monoisotopic (exact) mass is 352 g/mol. The maximum atomic E-state index is 12.2. The van der Waals surface area contributed by atoms with Crippen molar-refractivity contribution in [1.82, 2.24) is 0 Å². The molecule has 5 nitrogen and oxygen atoms in total. The van der Waals surface area contributed by atoms with Crippen molar-refractivity contribution >= 4 is 20.0 Å². The summed E-state index contributed by atoms with van der Waals surface area (Å²) in [5.41, 5.74) is 1.92. The van der Waals surface area contributed by atoms with Gasteiger partial charge in [-0.2, -0.15) is 0 Å². The fraction of sp³-hybridized carbons (Fsp3) is 0.250. The molecule has 0 heterocycles. The Bertz CT molecular complexity index is 793. The standard InChI is InChI=1S/C16H18NO4S2/c1-3-13-5-9-15(10-6-13)22(18,19)17-23(20,21)16-11-7-14(4-2)8-12-16/h5-12H,3-4H2,1-2H3/q-1. The third kappa shape index (κ3) is 4.19. The molecule has 0 atom stereocenters. The second-order valence-corrected chi connectivity index (χ2v) is 8.46. The molecule has 2 aromatic carbocycles. The van der Waals surface area contributed by atoms with Gasteiger partial charge in [0.1, 0.15) is 20.0 Å². The zero-order valence-corrected chi connectivity index (χ0v) is 14.6. The minimum atomic E-state index is -4.27. The summed E-state index contributed by atoms with van der Waals surface area (Å²) >= 11 is 0. The molecular weight excluding hydrogens is 334 g/mol. The first-order valence-electron chi connectivity index (χ1n) is 7.20. The van der Waals surface area contributed by atoms with Crippen LogP contribution in [0.4, 0.5) is 0 Å². The van der Waals surface area contributed by atoms with Crippen LogP contribution in [0.3, 0.4) is 0 Å². The van der Waals surface area contributed by atoms with Gasteiger partial charge in [0.05, 0.1) is 0 Å². The quantitative estimate of drug-likeness (QED) is 0.799. The van der Waals surface area contributed by atoms with Gasteiger partial charge in [-0.1, -0.05) is 38.1 Å². The Morgan fingerprint density at radius 1 is 0.652 bits per heavy atom. The average molecular weight is 352 g/mol. The zero-order valence-electron chi connectivity index (χ0n) is 12.9. The van der Waals surface area contributed by atoms with Gasteiger partial charge in [-0.3, -0.25) is 0 Å². The molecule has 0 bridgehead atoms. The molecule has 2 aromatic rings. The van der Waals surface area contributed by atoms with Crippen LogP contribution in [0, 0.1) is 0 Å². The lowest BCUT2D eigenvalue weighted by Crippen LogP contribution is -2.08. The van der Waals surface area contributed by atoms with Crippen LogP contribution in [0.15, 0.2) is 58.3 Å². The summed E-state index contributed by atoms with van der Waals surface area (Å²) in [4.78, 5) is -0.271. The van der Waals surface area contributed by atoms with Crippen LogP contribution < -0.4 is 0 Å². The van der Waals surface area contributed by atoms with Crippen LogP contribution in [-0.4, -0.2) is 16.8 Å². The van der Waals surface area contributed by atoms with Gasteiger partial charge < -0.3 is 4.13 Å². The molecule has 0 amide bonds. The highest BCUT2D eigenvalue weighted by molar-refractivity contribution is 8.12. The molecule has 23 heavy (non-hydrogen) atoms. The van der Waals surface area contributed by atoms with Crippen molar-refractivity contribution in [2.45, 2.75) is 36.5 Å². The van der Waals surface area contributed by atoms with Crippen LogP contribution in [-0.2, 0) is 32.9 Å². The topological polar surface area (TPSA) is 82.4 Å². The number of benzene rings is 2. The second kappa shape index (κ2) is 6.82. The SMILES string of the molecule is CCc1ccc(S(=O)(=O)[N-]S(=O)(=O)c2ccc(CC)cc2)cc1. The van der Waals surface area contributed by atoms with Gasteiger partial charge in [0.15, 0.2) is 0 Å². The first-order chi connectivity index (χ1) is 10.8. The minimum absolute atomic E-state index is 0.136. The number of rotatable bonds is 6. The van der Waals surface area contributed by atoms with E-state index in [1.165, 1.54) is 24.3 Å². The molecule has 2 rings (SSSR count). The summed E-state index contributed by atoms with van der Waals surface area (Å²) in [5.74, 6) is 0. The van der Waals surface area contributed by atoms with Crippen molar-refractivity contribution in [3.8, 4) is 0 Å². The largest absolute Gasteiger partial charge is 0.428 e. The molecule has 0 fully saturated rings. The van der Waals surface area contributed by atoms with Crippen molar-refractivity contribution in [3.63, 3.8) is 0 Å². The minimum Gasteiger partial charge on any atom is -0.428 e. The van der Waals surface area contributed by atoms with Crippen molar-refractivity contribution in [2.24, 2.45) is 0 Å². The normalized spacial score (nSPS) is 12.3. The van der Waals surface area contributed by atoms with E-state index in [1.807, 2.05) is 13.8 Å². The molecule has 0 N–H and O–H groups in total. The maximum Gasteiger partial charge on any atom is 0.112 e. The average Bonchev–Trinajstić information content (AvgIpc) is 2.54. The Morgan fingerprint density at radius 3 is 1.22 bits per heavy atom. The van der Waals surface area contributed by atoms with E-state index in [1.54, 1.807) is 24.3 Å².